The SMILES string of the molecule is CCCC1CCC(c2ccc(S(F)(F)(F)(F)F)cc2)CC1. The predicted molar refractivity (Wildman–Crippen MR) is 77.4 cm³/mol. The maximum absolute atomic E-state index is 12.7. The van der Waals surface area contributed by atoms with Gasteiger partial charge in [-0.2, -0.15) is 0 Å². The van der Waals surface area contributed by atoms with Crippen molar-refractivity contribution < 1.29 is 19.4 Å². The lowest BCUT2D eigenvalue weighted by Gasteiger charge is -2.40. The van der Waals surface area contributed by atoms with E-state index in [2.05, 4.69) is 6.92 Å². The van der Waals surface area contributed by atoms with E-state index < -0.39 is 15.1 Å². The average molecular weight is 328 g/mol. The smallest absolute Gasteiger partial charge is 0.0936 e. The summed E-state index contributed by atoms with van der Waals surface area (Å²) in [6, 6.07) is 3.51. The Labute approximate surface area is 122 Å². The van der Waals surface area contributed by atoms with Gasteiger partial charge in [-0.25, -0.2) is 0 Å². The zero-order valence-corrected chi connectivity index (χ0v) is 12.8. The van der Waals surface area contributed by atoms with Crippen molar-refractivity contribution in [3.63, 3.8) is 0 Å². The first-order valence-electron chi connectivity index (χ1n) is 7.33. The largest absolute Gasteiger partial charge is 0.310 e. The van der Waals surface area contributed by atoms with Crippen molar-refractivity contribution >= 4 is 10.2 Å². The molecule has 0 unspecified atom stereocenters. The molecular formula is C15H21F5S. The minimum absolute atomic E-state index is 0.200. The van der Waals surface area contributed by atoms with Gasteiger partial charge in [-0.05, 0) is 55.2 Å². The van der Waals surface area contributed by atoms with Crippen LogP contribution in [0.3, 0.4) is 0 Å². The molecule has 1 aliphatic rings. The van der Waals surface area contributed by atoms with Crippen molar-refractivity contribution in [1.82, 2.24) is 0 Å². The number of halogens is 5. The van der Waals surface area contributed by atoms with Gasteiger partial charge in [0.15, 0.2) is 0 Å². The summed E-state index contributed by atoms with van der Waals surface area (Å²) in [5, 5.41) is 0. The molecule has 2 rings (SSSR count). The molecule has 1 aromatic carbocycles. The van der Waals surface area contributed by atoms with Gasteiger partial charge in [-0.15, -0.1) is 0 Å². The number of hydrogen-bond donors (Lipinski definition) is 0. The molecule has 122 valence electrons. The molecule has 1 saturated carbocycles. The van der Waals surface area contributed by atoms with E-state index in [1.807, 2.05) is 0 Å². The van der Waals surface area contributed by atoms with Crippen molar-refractivity contribution in [2.45, 2.75) is 56.3 Å². The molecule has 21 heavy (non-hydrogen) atoms. The monoisotopic (exact) mass is 328 g/mol. The molecule has 0 saturated heterocycles. The molecule has 0 spiro atoms. The number of rotatable bonds is 4. The first-order chi connectivity index (χ1) is 9.49. The van der Waals surface area contributed by atoms with Crippen molar-refractivity contribution in [3.8, 4) is 0 Å². The van der Waals surface area contributed by atoms with Gasteiger partial charge in [-0.3, -0.25) is 0 Å². The fraction of sp³-hybridized carbons (Fsp3) is 0.600. The van der Waals surface area contributed by atoms with Crippen LogP contribution in [0.1, 0.15) is 56.9 Å². The molecule has 0 N–H and O–H groups in total. The summed E-state index contributed by atoms with van der Waals surface area (Å²) in [6.07, 6.45) is 6.34. The van der Waals surface area contributed by atoms with Gasteiger partial charge < -0.3 is 0 Å². The van der Waals surface area contributed by atoms with Gasteiger partial charge >= 0.3 is 10.2 Å². The summed E-state index contributed by atoms with van der Waals surface area (Å²) in [7, 11) is -9.53. The van der Waals surface area contributed by atoms with E-state index in [0.717, 1.165) is 37.7 Å². The molecule has 0 aromatic heterocycles. The molecule has 1 aliphatic carbocycles. The molecule has 1 aromatic rings. The van der Waals surface area contributed by atoms with Crippen LogP contribution in [0.4, 0.5) is 19.4 Å². The Morgan fingerprint density at radius 3 is 1.86 bits per heavy atom. The summed E-state index contributed by atoms with van der Waals surface area (Å²) in [5.41, 5.74) is 0.746. The second-order valence-electron chi connectivity index (χ2n) is 6.04. The highest BCUT2D eigenvalue weighted by atomic mass is 32.5. The van der Waals surface area contributed by atoms with Gasteiger partial charge in [0.25, 0.3) is 0 Å². The summed E-state index contributed by atoms with van der Waals surface area (Å²) in [5.74, 6) is 0.904. The van der Waals surface area contributed by atoms with Crippen LogP contribution in [0.25, 0.3) is 0 Å². The predicted octanol–water partition coefficient (Wildman–Crippen LogP) is 7.42. The minimum Gasteiger partial charge on any atom is -0.0936 e. The van der Waals surface area contributed by atoms with E-state index in [1.54, 1.807) is 0 Å². The number of hydrogen-bond acceptors (Lipinski definition) is 0. The van der Waals surface area contributed by atoms with Crippen LogP contribution in [-0.2, 0) is 0 Å². The highest BCUT2D eigenvalue weighted by Gasteiger charge is 2.65. The number of benzene rings is 1. The Morgan fingerprint density at radius 2 is 1.43 bits per heavy atom. The van der Waals surface area contributed by atoms with E-state index in [4.69, 9.17) is 0 Å². The molecule has 0 bridgehead atoms. The molecule has 0 atom stereocenters. The zero-order valence-electron chi connectivity index (χ0n) is 12.0. The van der Waals surface area contributed by atoms with Crippen LogP contribution in [-0.4, -0.2) is 0 Å². The van der Waals surface area contributed by atoms with Gasteiger partial charge in [0.1, 0.15) is 4.90 Å². The standard InChI is InChI=1S/C15H21F5S/c1-2-3-12-4-6-13(7-5-12)14-8-10-15(11-9-14)21(16,17,18,19)20/h8-13H,2-7H2,1H3. The summed E-state index contributed by atoms with van der Waals surface area (Å²) < 4.78 is 63.3. The first kappa shape index (κ1) is 16.6. The third kappa shape index (κ3) is 4.34. The third-order valence-corrected chi connectivity index (χ3v) is 5.50. The van der Waals surface area contributed by atoms with E-state index in [1.165, 1.54) is 18.6 Å². The molecule has 0 radical (unpaired) electrons. The van der Waals surface area contributed by atoms with Gasteiger partial charge in [-0.1, -0.05) is 51.3 Å². The quantitative estimate of drug-likeness (QED) is 0.504. The fourth-order valence-corrected chi connectivity index (χ4v) is 3.84. The van der Waals surface area contributed by atoms with Crippen LogP contribution in [0.2, 0.25) is 0 Å². The maximum Gasteiger partial charge on any atom is 0.310 e. The highest BCUT2D eigenvalue weighted by molar-refractivity contribution is 8.45. The van der Waals surface area contributed by atoms with Crippen molar-refractivity contribution in [3.05, 3.63) is 29.8 Å². The summed E-state index contributed by atoms with van der Waals surface area (Å²) in [6.45, 7) is 2.14. The normalized spacial score (nSPS) is 27.0. The van der Waals surface area contributed by atoms with Crippen molar-refractivity contribution in [1.29, 1.82) is 0 Å². The topological polar surface area (TPSA) is 0 Å². The van der Waals surface area contributed by atoms with Crippen molar-refractivity contribution in [2.24, 2.45) is 5.92 Å². The first-order valence-corrected chi connectivity index (χ1v) is 9.29. The fourth-order valence-electron chi connectivity index (χ4n) is 3.19. The Bertz CT molecular complexity index is 483. The van der Waals surface area contributed by atoms with E-state index in [-0.39, 0.29) is 5.92 Å². The second kappa shape index (κ2) is 4.86. The summed E-state index contributed by atoms with van der Waals surface area (Å²) >= 11 is 0. The Morgan fingerprint density at radius 1 is 0.905 bits per heavy atom. The van der Waals surface area contributed by atoms with Gasteiger partial charge in [0.2, 0.25) is 0 Å². The molecule has 6 heteroatoms. The Kier molecular flexibility index (Phi) is 3.84. The van der Waals surface area contributed by atoms with E-state index in [0.29, 0.717) is 18.1 Å². The van der Waals surface area contributed by atoms with Crippen LogP contribution >= 0.6 is 10.2 Å². The third-order valence-electron chi connectivity index (χ3n) is 4.34. The Hall–Kier alpha value is -0.780. The minimum atomic E-state index is -9.53. The molecule has 1 fully saturated rings. The maximum atomic E-state index is 12.7. The molecule has 0 heterocycles. The van der Waals surface area contributed by atoms with Crippen LogP contribution < -0.4 is 0 Å². The van der Waals surface area contributed by atoms with Gasteiger partial charge in [0.05, 0.1) is 0 Å². The van der Waals surface area contributed by atoms with Crippen LogP contribution in [0.5, 0.6) is 0 Å². The highest BCUT2D eigenvalue weighted by Crippen LogP contribution is 3.02. The van der Waals surface area contributed by atoms with E-state index in [9.17, 15) is 19.4 Å². The van der Waals surface area contributed by atoms with E-state index >= 15 is 0 Å². The van der Waals surface area contributed by atoms with Crippen LogP contribution in [0, 0.1) is 5.92 Å². The lowest BCUT2D eigenvalue weighted by molar-refractivity contribution is 0.308. The molecular weight excluding hydrogens is 307 g/mol. The zero-order chi connectivity index (χ0) is 15.8. The van der Waals surface area contributed by atoms with Crippen LogP contribution in [0.15, 0.2) is 29.2 Å². The lowest BCUT2D eigenvalue weighted by Crippen LogP contribution is -2.13. The lowest BCUT2D eigenvalue weighted by atomic mass is 9.77. The molecule has 0 nitrogen and oxygen atoms in total. The van der Waals surface area contributed by atoms with Crippen molar-refractivity contribution in [2.75, 3.05) is 0 Å². The average Bonchev–Trinajstić information content (AvgIpc) is 2.38. The molecule has 0 aliphatic heterocycles. The second-order valence-corrected chi connectivity index (χ2v) is 8.45. The molecule has 0 amide bonds. The summed E-state index contributed by atoms with van der Waals surface area (Å²) in [4.78, 5) is -1.79. The Balaban J connectivity index is 2.08. The van der Waals surface area contributed by atoms with Gasteiger partial charge in [0, 0.05) is 0 Å².